The summed E-state index contributed by atoms with van der Waals surface area (Å²) in [6, 6.07) is 8.31. The lowest BCUT2D eigenvalue weighted by atomic mass is 9.95. The third kappa shape index (κ3) is 3.94. The lowest BCUT2D eigenvalue weighted by Crippen LogP contribution is -2.61. The molecule has 0 saturated carbocycles. The number of aliphatic carboxylic acids is 1. The average molecular weight is 448 g/mol. The molecule has 1 fully saturated rings. The molecule has 6 unspecified atom stereocenters. The number of rotatable bonds is 4. The number of aliphatic hydroxyl groups excluding tert-OH is 3. The number of benzene rings is 2. The largest absolute Gasteiger partial charge is 0.508 e. The summed E-state index contributed by atoms with van der Waals surface area (Å²) in [5.41, 5.74) is 0.543. The third-order valence-electron chi connectivity index (χ3n) is 5.29. The number of carbonyl (C=O) groups excluding carboxylic acids is 1. The number of Topliss-reactive ketones (excluding diaryl/α,β-unsaturated/α-hetero) is 1. The molecule has 6 atom stereocenters. The minimum atomic E-state index is -1.91. The normalized spacial score (nSPS) is 29.7. The number of aromatic hydroxyl groups is 2. The zero-order valence-corrected chi connectivity index (χ0v) is 16.4. The highest BCUT2D eigenvalue weighted by Crippen LogP contribution is 2.43. The fourth-order valence-electron chi connectivity index (χ4n) is 3.65. The zero-order chi connectivity index (χ0) is 23.2. The van der Waals surface area contributed by atoms with E-state index >= 15 is 0 Å². The van der Waals surface area contributed by atoms with Crippen LogP contribution in [0.4, 0.5) is 0 Å². The Morgan fingerprint density at radius 3 is 2.31 bits per heavy atom. The lowest BCUT2D eigenvalue weighted by Gasteiger charge is -2.38. The summed E-state index contributed by atoms with van der Waals surface area (Å²) in [5, 5.41) is 58.6. The minimum Gasteiger partial charge on any atom is -0.508 e. The molecular weight excluding hydrogens is 428 g/mol. The standard InChI is InChI=1S/C21H20O11/c22-9-3-1-8(2-4-9)12-7-11(24)15-13(30-12)5-10(23)6-14(15)31-21-18(27)16(25)17(26)19(32-21)20(28)29/h1-6,12,16-19,21-23,25-27H,7H2,(H,28,29). The predicted octanol–water partition coefficient (Wildman–Crippen LogP) is 0.0753. The molecular formula is C21H20O11. The van der Waals surface area contributed by atoms with Gasteiger partial charge in [0.2, 0.25) is 6.29 Å². The van der Waals surface area contributed by atoms with Crippen molar-refractivity contribution < 1.29 is 54.4 Å². The molecule has 1 saturated heterocycles. The summed E-state index contributed by atoms with van der Waals surface area (Å²) in [6.45, 7) is 0. The molecule has 2 heterocycles. The second kappa shape index (κ2) is 8.28. The van der Waals surface area contributed by atoms with Crippen LogP contribution < -0.4 is 9.47 Å². The molecule has 0 spiro atoms. The van der Waals surface area contributed by atoms with Crippen molar-refractivity contribution in [3.05, 3.63) is 47.5 Å². The van der Waals surface area contributed by atoms with Gasteiger partial charge in [-0.1, -0.05) is 12.1 Å². The fourth-order valence-corrected chi connectivity index (χ4v) is 3.65. The second-order valence-corrected chi connectivity index (χ2v) is 7.50. The highest BCUT2D eigenvalue weighted by atomic mass is 16.7. The summed E-state index contributed by atoms with van der Waals surface area (Å²) in [6.07, 6.45) is -10.1. The molecule has 32 heavy (non-hydrogen) atoms. The summed E-state index contributed by atoms with van der Waals surface area (Å²) >= 11 is 0. The highest BCUT2D eigenvalue weighted by Gasteiger charge is 2.48. The van der Waals surface area contributed by atoms with Gasteiger partial charge < -0.3 is 44.8 Å². The molecule has 170 valence electrons. The first-order valence-corrected chi connectivity index (χ1v) is 9.60. The maximum absolute atomic E-state index is 12.9. The number of carboxylic acids is 1. The number of phenols is 2. The van der Waals surface area contributed by atoms with Gasteiger partial charge in [-0.2, -0.15) is 0 Å². The van der Waals surface area contributed by atoms with Crippen LogP contribution in [0.25, 0.3) is 0 Å². The maximum atomic E-state index is 12.9. The van der Waals surface area contributed by atoms with E-state index in [9.17, 15) is 35.1 Å². The van der Waals surface area contributed by atoms with E-state index in [1.54, 1.807) is 12.1 Å². The van der Waals surface area contributed by atoms with E-state index in [0.717, 1.165) is 6.07 Å². The molecule has 0 bridgehead atoms. The van der Waals surface area contributed by atoms with Crippen molar-refractivity contribution in [2.75, 3.05) is 0 Å². The summed E-state index contributed by atoms with van der Waals surface area (Å²) < 4.78 is 16.4. The van der Waals surface area contributed by atoms with Crippen LogP contribution in [0.15, 0.2) is 36.4 Å². The number of hydrogen-bond acceptors (Lipinski definition) is 10. The number of carboxylic acid groups (broad SMARTS) is 1. The molecule has 6 N–H and O–H groups in total. The average Bonchev–Trinajstić information content (AvgIpc) is 2.73. The quantitative estimate of drug-likeness (QED) is 0.372. The Hall–Kier alpha value is -3.38. The summed E-state index contributed by atoms with van der Waals surface area (Å²) in [4.78, 5) is 24.2. The van der Waals surface area contributed by atoms with Gasteiger partial charge in [-0.3, -0.25) is 4.79 Å². The predicted molar refractivity (Wildman–Crippen MR) is 103 cm³/mol. The Morgan fingerprint density at radius 2 is 1.66 bits per heavy atom. The smallest absolute Gasteiger partial charge is 0.335 e. The first-order chi connectivity index (χ1) is 15.2. The van der Waals surface area contributed by atoms with Gasteiger partial charge in [0.15, 0.2) is 11.9 Å². The van der Waals surface area contributed by atoms with Crippen LogP contribution in [-0.2, 0) is 9.53 Å². The number of carbonyl (C=O) groups is 2. The van der Waals surface area contributed by atoms with Crippen LogP contribution in [-0.4, -0.2) is 73.1 Å². The van der Waals surface area contributed by atoms with E-state index < -0.39 is 48.6 Å². The monoisotopic (exact) mass is 448 g/mol. The molecule has 0 aromatic heterocycles. The SMILES string of the molecule is O=C1CC(c2ccc(O)cc2)Oc2cc(O)cc(OC3OC(C(=O)O)C(O)C(O)C3O)c21. The molecule has 0 amide bonds. The van der Waals surface area contributed by atoms with E-state index in [1.807, 2.05) is 0 Å². The Morgan fingerprint density at radius 1 is 0.969 bits per heavy atom. The zero-order valence-electron chi connectivity index (χ0n) is 16.4. The van der Waals surface area contributed by atoms with Crippen LogP contribution in [0.2, 0.25) is 0 Å². The number of ether oxygens (including phenoxy) is 3. The van der Waals surface area contributed by atoms with Crippen molar-refractivity contribution in [2.24, 2.45) is 0 Å². The highest BCUT2D eigenvalue weighted by molar-refractivity contribution is 6.02. The number of aliphatic hydroxyl groups is 3. The molecule has 0 aliphatic carbocycles. The summed E-state index contributed by atoms with van der Waals surface area (Å²) in [7, 11) is 0. The lowest BCUT2D eigenvalue weighted by molar-refractivity contribution is -0.271. The second-order valence-electron chi connectivity index (χ2n) is 7.50. The van der Waals surface area contributed by atoms with Crippen LogP contribution in [0.3, 0.4) is 0 Å². The number of hydrogen-bond donors (Lipinski definition) is 6. The summed E-state index contributed by atoms with van der Waals surface area (Å²) in [5.74, 6) is -2.60. The Kier molecular flexibility index (Phi) is 5.65. The van der Waals surface area contributed by atoms with Crippen LogP contribution in [0.5, 0.6) is 23.0 Å². The molecule has 2 aromatic rings. The van der Waals surface area contributed by atoms with Crippen LogP contribution >= 0.6 is 0 Å². The Labute approximate surface area is 180 Å². The Balaban J connectivity index is 1.64. The molecule has 2 aliphatic rings. The molecule has 11 heteroatoms. The number of ketones is 1. The molecule has 2 aliphatic heterocycles. The van der Waals surface area contributed by atoms with Crippen molar-refractivity contribution in [2.45, 2.75) is 43.2 Å². The number of phenolic OH excluding ortho intramolecular Hbond substituents is 2. The maximum Gasteiger partial charge on any atom is 0.335 e. The van der Waals surface area contributed by atoms with Crippen molar-refractivity contribution in [3.63, 3.8) is 0 Å². The minimum absolute atomic E-state index is 0.0185. The molecule has 0 radical (unpaired) electrons. The van der Waals surface area contributed by atoms with Gasteiger partial charge in [-0.05, 0) is 17.7 Å². The van der Waals surface area contributed by atoms with Crippen molar-refractivity contribution in [3.8, 4) is 23.0 Å². The van der Waals surface area contributed by atoms with E-state index in [2.05, 4.69) is 0 Å². The first kappa shape index (κ1) is 21.8. The van der Waals surface area contributed by atoms with Gasteiger partial charge in [-0.25, -0.2) is 4.79 Å². The van der Waals surface area contributed by atoms with Crippen molar-refractivity contribution in [1.29, 1.82) is 0 Å². The molecule has 4 rings (SSSR count). The van der Waals surface area contributed by atoms with Gasteiger partial charge in [0.05, 0.1) is 6.42 Å². The number of fused-ring (bicyclic) bond motifs is 1. The van der Waals surface area contributed by atoms with Crippen molar-refractivity contribution >= 4 is 11.8 Å². The first-order valence-electron chi connectivity index (χ1n) is 9.60. The third-order valence-corrected chi connectivity index (χ3v) is 5.29. The van der Waals surface area contributed by atoms with Crippen molar-refractivity contribution in [1.82, 2.24) is 0 Å². The van der Waals surface area contributed by atoms with E-state index in [1.165, 1.54) is 18.2 Å². The van der Waals surface area contributed by atoms with E-state index in [4.69, 9.17) is 19.3 Å². The topological polar surface area (TPSA) is 183 Å². The van der Waals surface area contributed by atoms with Crippen LogP contribution in [0, 0.1) is 0 Å². The Bertz CT molecular complexity index is 1030. The molecule has 11 nitrogen and oxygen atoms in total. The fraction of sp³-hybridized carbons (Fsp3) is 0.333. The van der Waals surface area contributed by atoms with Gasteiger partial charge >= 0.3 is 5.97 Å². The van der Waals surface area contributed by atoms with E-state index in [-0.39, 0.29) is 35.0 Å². The molecule has 2 aromatic carbocycles. The van der Waals surface area contributed by atoms with Crippen LogP contribution in [0.1, 0.15) is 28.4 Å². The van der Waals surface area contributed by atoms with Gasteiger partial charge in [0.1, 0.15) is 53.0 Å². The van der Waals surface area contributed by atoms with Gasteiger partial charge in [0, 0.05) is 12.1 Å². The van der Waals surface area contributed by atoms with Gasteiger partial charge in [0.25, 0.3) is 0 Å². The van der Waals surface area contributed by atoms with Gasteiger partial charge in [-0.15, -0.1) is 0 Å². The van der Waals surface area contributed by atoms with E-state index in [0.29, 0.717) is 5.56 Å².